The lowest BCUT2D eigenvalue weighted by atomic mass is 10.1. The molecule has 0 unspecified atom stereocenters. The first kappa shape index (κ1) is 18.5. The Kier molecular flexibility index (Phi) is 6.17. The second kappa shape index (κ2) is 8.33. The van der Waals surface area contributed by atoms with Crippen LogP contribution in [0.1, 0.15) is 39.6 Å². The second-order valence-electron chi connectivity index (χ2n) is 6.07. The Bertz CT molecular complexity index is 769. The van der Waals surface area contributed by atoms with Crippen molar-refractivity contribution in [2.45, 2.75) is 20.3 Å². The molecule has 2 aromatic carbocycles. The van der Waals surface area contributed by atoms with Gasteiger partial charge in [-0.3, -0.25) is 4.79 Å². The fourth-order valence-electron chi connectivity index (χ4n) is 2.50. The molecule has 0 spiro atoms. The number of hydrogen-bond acceptors (Lipinski definition) is 4. The van der Waals surface area contributed by atoms with E-state index in [9.17, 15) is 9.59 Å². The fraction of sp³-hybridized carbons (Fsp3) is 0.300. The molecule has 0 bridgehead atoms. The zero-order chi connectivity index (χ0) is 18.4. The monoisotopic (exact) mass is 340 g/mol. The quantitative estimate of drug-likeness (QED) is 0.811. The lowest BCUT2D eigenvalue weighted by Gasteiger charge is -2.16. The number of carbonyl (C=O) groups is 2. The molecule has 0 fully saturated rings. The predicted octanol–water partition coefficient (Wildman–Crippen LogP) is 3.88. The van der Waals surface area contributed by atoms with Crippen LogP contribution in [0.2, 0.25) is 0 Å². The molecule has 25 heavy (non-hydrogen) atoms. The molecule has 0 saturated heterocycles. The van der Waals surface area contributed by atoms with Crippen molar-refractivity contribution < 1.29 is 14.3 Å². The van der Waals surface area contributed by atoms with Crippen LogP contribution in [-0.4, -0.2) is 32.6 Å². The van der Waals surface area contributed by atoms with Gasteiger partial charge in [0.15, 0.2) is 0 Å². The Morgan fingerprint density at radius 2 is 1.84 bits per heavy atom. The molecule has 5 nitrogen and oxygen atoms in total. The van der Waals surface area contributed by atoms with Gasteiger partial charge < -0.3 is 15.0 Å². The van der Waals surface area contributed by atoms with Gasteiger partial charge in [-0.2, -0.15) is 0 Å². The molecule has 0 aromatic heterocycles. The molecule has 1 amide bonds. The van der Waals surface area contributed by atoms with Crippen LogP contribution in [-0.2, 0) is 4.74 Å². The Morgan fingerprint density at radius 3 is 2.48 bits per heavy atom. The Labute approximate surface area is 148 Å². The van der Waals surface area contributed by atoms with Crippen LogP contribution in [0.15, 0.2) is 42.5 Å². The van der Waals surface area contributed by atoms with Crippen LogP contribution >= 0.6 is 0 Å². The molecule has 0 radical (unpaired) electrons. The number of esters is 1. The number of nitrogens with one attached hydrogen (secondary N) is 1. The summed E-state index contributed by atoms with van der Waals surface area (Å²) in [6, 6.07) is 12.3. The van der Waals surface area contributed by atoms with E-state index in [4.69, 9.17) is 4.74 Å². The summed E-state index contributed by atoms with van der Waals surface area (Å²) in [5.74, 6) is -0.600. The van der Waals surface area contributed by atoms with Gasteiger partial charge in [-0.05, 0) is 55.3 Å². The lowest BCUT2D eigenvalue weighted by Crippen LogP contribution is -2.15. The molecule has 0 atom stereocenters. The number of anilines is 2. The van der Waals surface area contributed by atoms with Gasteiger partial charge in [-0.25, -0.2) is 4.79 Å². The molecule has 2 rings (SSSR count). The summed E-state index contributed by atoms with van der Waals surface area (Å²) in [7, 11) is 3.93. The van der Waals surface area contributed by atoms with Crippen molar-refractivity contribution in [3.05, 3.63) is 59.2 Å². The maximum atomic E-state index is 12.5. The van der Waals surface area contributed by atoms with Crippen molar-refractivity contribution in [2.75, 3.05) is 30.9 Å². The van der Waals surface area contributed by atoms with Crippen LogP contribution in [0.5, 0.6) is 0 Å². The maximum Gasteiger partial charge on any atom is 0.338 e. The van der Waals surface area contributed by atoms with E-state index < -0.39 is 0 Å². The minimum atomic E-state index is -0.385. The minimum absolute atomic E-state index is 0.215. The molecule has 1 N–H and O–H groups in total. The number of hydrogen-bond donors (Lipinski definition) is 1. The third-order valence-electron chi connectivity index (χ3n) is 3.73. The minimum Gasteiger partial charge on any atom is -0.462 e. The van der Waals surface area contributed by atoms with Crippen molar-refractivity contribution >= 4 is 23.3 Å². The highest BCUT2D eigenvalue weighted by molar-refractivity contribution is 6.05. The summed E-state index contributed by atoms with van der Waals surface area (Å²) in [5, 5.41) is 2.83. The third kappa shape index (κ3) is 4.83. The predicted molar refractivity (Wildman–Crippen MR) is 100 cm³/mol. The summed E-state index contributed by atoms with van der Waals surface area (Å²) < 4.78 is 5.12. The number of ether oxygens (including phenoxy) is 1. The van der Waals surface area contributed by atoms with Gasteiger partial charge in [-0.15, -0.1) is 0 Å². The van der Waals surface area contributed by atoms with E-state index in [0.717, 1.165) is 17.7 Å². The van der Waals surface area contributed by atoms with E-state index in [1.165, 1.54) is 0 Å². The number of benzene rings is 2. The second-order valence-corrected chi connectivity index (χ2v) is 6.07. The van der Waals surface area contributed by atoms with Crippen LogP contribution in [0.3, 0.4) is 0 Å². The number of nitrogens with zero attached hydrogens (tertiary/aromatic N) is 1. The number of carbonyl (C=O) groups excluding carboxylic acids is 2. The first-order valence-corrected chi connectivity index (χ1v) is 8.29. The first-order valence-electron chi connectivity index (χ1n) is 8.29. The standard InChI is InChI=1S/C20H24N2O3/c1-5-11-25-20(24)16-7-6-8-17(13-16)21-19(23)15-9-10-18(22(3)4)14(2)12-15/h6-10,12-13H,5,11H2,1-4H3,(H,21,23). The average molecular weight is 340 g/mol. The molecule has 0 aliphatic carbocycles. The normalized spacial score (nSPS) is 10.2. The van der Waals surface area contributed by atoms with E-state index in [1.54, 1.807) is 30.3 Å². The summed E-state index contributed by atoms with van der Waals surface area (Å²) >= 11 is 0. The van der Waals surface area contributed by atoms with Gasteiger partial charge in [0.2, 0.25) is 0 Å². The van der Waals surface area contributed by atoms with Gasteiger partial charge in [0.1, 0.15) is 0 Å². The lowest BCUT2D eigenvalue weighted by molar-refractivity contribution is 0.0505. The molecular formula is C20H24N2O3. The van der Waals surface area contributed by atoms with Gasteiger partial charge >= 0.3 is 5.97 Å². The third-order valence-corrected chi connectivity index (χ3v) is 3.73. The molecule has 0 aliphatic heterocycles. The van der Waals surface area contributed by atoms with Crippen LogP contribution in [0.4, 0.5) is 11.4 Å². The van der Waals surface area contributed by atoms with E-state index in [0.29, 0.717) is 23.4 Å². The van der Waals surface area contributed by atoms with E-state index in [2.05, 4.69) is 5.32 Å². The van der Waals surface area contributed by atoms with Gasteiger partial charge in [0, 0.05) is 31.0 Å². The number of amides is 1. The number of aryl methyl sites for hydroxylation is 1. The highest BCUT2D eigenvalue weighted by Crippen LogP contribution is 2.20. The summed E-state index contributed by atoms with van der Waals surface area (Å²) in [6.07, 6.45) is 0.768. The maximum absolute atomic E-state index is 12.5. The summed E-state index contributed by atoms with van der Waals surface area (Å²) in [6.45, 7) is 4.29. The van der Waals surface area contributed by atoms with Gasteiger partial charge in [0.25, 0.3) is 5.91 Å². The first-order chi connectivity index (χ1) is 11.9. The Hall–Kier alpha value is -2.82. The highest BCUT2D eigenvalue weighted by Gasteiger charge is 2.11. The van der Waals surface area contributed by atoms with Crippen LogP contribution in [0.25, 0.3) is 0 Å². The zero-order valence-corrected chi connectivity index (χ0v) is 15.1. The zero-order valence-electron chi connectivity index (χ0n) is 15.1. The van der Waals surface area contributed by atoms with Crippen molar-refractivity contribution in [3.8, 4) is 0 Å². The largest absolute Gasteiger partial charge is 0.462 e. The van der Waals surface area contributed by atoms with Crippen molar-refractivity contribution in [1.29, 1.82) is 0 Å². The Morgan fingerprint density at radius 1 is 1.08 bits per heavy atom. The molecule has 2 aromatic rings. The molecular weight excluding hydrogens is 316 g/mol. The fourth-order valence-corrected chi connectivity index (χ4v) is 2.50. The molecule has 0 aliphatic rings. The average Bonchev–Trinajstić information content (AvgIpc) is 2.59. The topological polar surface area (TPSA) is 58.6 Å². The van der Waals surface area contributed by atoms with E-state index >= 15 is 0 Å². The Balaban J connectivity index is 2.13. The molecule has 132 valence electrons. The molecule has 5 heteroatoms. The van der Waals surface area contributed by atoms with Crippen molar-refractivity contribution in [2.24, 2.45) is 0 Å². The summed E-state index contributed by atoms with van der Waals surface area (Å²) in [5.41, 5.74) is 3.64. The van der Waals surface area contributed by atoms with Gasteiger partial charge in [-0.1, -0.05) is 13.0 Å². The van der Waals surface area contributed by atoms with E-state index in [-0.39, 0.29) is 11.9 Å². The molecule has 0 saturated carbocycles. The smallest absolute Gasteiger partial charge is 0.338 e. The van der Waals surface area contributed by atoms with E-state index in [1.807, 2.05) is 45.0 Å². The SMILES string of the molecule is CCCOC(=O)c1cccc(NC(=O)c2ccc(N(C)C)c(C)c2)c1. The van der Waals surface area contributed by atoms with Crippen LogP contribution < -0.4 is 10.2 Å². The molecule has 0 heterocycles. The highest BCUT2D eigenvalue weighted by atomic mass is 16.5. The van der Waals surface area contributed by atoms with Gasteiger partial charge in [0.05, 0.1) is 12.2 Å². The van der Waals surface area contributed by atoms with Crippen molar-refractivity contribution in [3.63, 3.8) is 0 Å². The van der Waals surface area contributed by atoms with Crippen molar-refractivity contribution in [1.82, 2.24) is 0 Å². The number of rotatable bonds is 6. The van der Waals surface area contributed by atoms with Crippen LogP contribution in [0, 0.1) is 6.92 Å². The summed E-state index contributed by atoms with van der Waals surface area (Å²) in [4.78, 5) is 26.4.